The van der Waals surface area contributed by atoms with Crippen LogP contribution in [0.3, 0.4) is 0 Å². The number of allylic oxidation sites excluding steroid dienone is 1. The molecule has 150 valence electrons. The van der Waals surface area contributed by atoms with Gasteiger partial charge in [0.1, 0.15) is 5.82 Å². The Balaban J connectivity index is 1.81. The molecule has 1 aromatic carbocycles. The summed E-state index contributed by atoms with van der Waals surface area (Å²) in [6.07, 6.45) is 0.702. The fourth-order valence-corrected chi connectivity index (χ4v) is 2.86. The van der Waals surface area contributed by atoms with Crippen molar-refractivity contribution in [2.75, 3.05) is 5.32 Å². The zero-order chi connectivity index (χ0) is 21.2. The van der Waals surface area contributed by atoms with Gasteiger partial charge in [0.05, 0.1) is 5.02 Å². The van der Waals surface area contributed by atoms with Gasteiger partial charge in [-0.3, -0.25) is 9.79 Å². The number of alkyl halides is 2. The Labute approximate surface area is 170 Å². The first-order valence-corrected chi connectivity index (χ1v) is 8.75. The van der Waals surface area contributed by atoms with Crippen molar-refractivity contribution in [2.24, 2.45) is 4.99 Å². The molecule has 0 atom stereocenters. The van der Waals surface area contributed by atoms with Gasteiger partial charge in [-0.2, -0.15) is 0 Å². The molecular formula is C20H16ClF2N3O3. The molecule has 2 aromatic rings. The fraction of sp³-hybridized carbons (Fsp3) is 0.150. The Morgan fingerprint density at radius 3 is 2.55 bits per heavy atom. The zero-order valence-electron chi connectivity index (χ0n) is 15.5. The summed E-state index contributed by atoms with van der Waals surface area (Å²) in [6, 6.07) is 5.82. The predicted molar refractivity (Wildman–Crippen MR) is 107 cm³/mol. The molecule has 0 saturated heterocycles. The molecule has 1 aliphatic heterocycles. The van der Waals surface area contributed by atoms with Gasteiger partial charge in [-0.05, 0) is 44.8 Å². The van der Waals surface area contributed by atoms with Gasteiger partial charge >= 0.3 is 6.29 Å². The molecule has 9 heteroatoms. The lowest BCUT2D eigenvalue weighted by Gasteiger charge is -2.09. The van der Waals surface area contributed by atoms with Crippen molar-refractivity contribution in [3.63, 3.8) is 0 Å². The second-order valence-corrected chi connectivity index (χ2v) is 6.65. The van der Waals surface area contributed by atoms with E-state index in [0.29, 0.717) is 22.5 Å². The van der Waals surface area contributed by atoms with E-state index in [1.54, 1.807) is 32.1 Å². The molecule has 0 unspecified atom stereocenters. The Kier molecular flexibility index (Phi) is 5.65. The Bertz CT molecular complexity index is 1030. The van der Waals surface area contributed by atoms with E-state index in [1.165, 1.54) is 24.5 Å². The predicted octanol–water partition coefficient (Wildman–Crippen LogP) is 5.21. The van der Waals surface area contributed by atoms with E-state index in [9.17, 15) is 13.6 Å². The van der Waals surface area contributed by atoms with Crippen molar-refractivity contribution in [3.05, 3.63) is 58.9 Å². The minimum atomic E-state index is -3.73. The number of aliphatic imine (C=N–C) groups is 1. The second kappa shape index (κ2) is 8.00. The summed E-state index contributed by atoms with van der Waals surface area (Å²) in [7, 11) is 0. The highest BCUT2D eigenvalue weighted by molar-refractivity contribution is 6.33. The van der Waals surface area contributed by atoms with Crippen molar-refractivity contribution < 1.29 is 23.0 Å². The first-order valence-electron chi connectivity index (χ1n) is 8.37. The van der Waals surface area contributed by atoms with Crippen LogP contribution in [-0.4, -0.2) is 23.9 Å². The molecule has 1 aliphatic rings. The van der Waals surface area contributed by atoms with Gasteiger partial charge in [0.2, 0.25) is 0 Å². The number of hydrogen-bond donors (Lipinski definition) is 1. The fourth-order valence-electron chi connectivity index (χ4n) is 2.60. The van der Waals surface area contributed by atoms with Crippen LogP contribution in [0, 0.1) is 0 Å². The summed E-state index contributed by atoms with van der Waals surface area (Å²) in [5.41, 5.74) is 2.21. The molecule has 2 heterocycles. The summed E-state index contributed by atoms with van der Waals surface area (Å²) in [4.78, 5) is 20.2. The average Bonchev–Trinajstić information content (AvgIpc) is 2.94. The number of nitrogens with zero attached hydrogens (tertiary/aromatic N) is 2. The zero-order valence-corrected chi connectivity index (χ0v) is 16.3. The second-order valence-electron chi connectivity index (χ2n) is 6.24. The number of nitrogens with one attached hydrogen (secondary N) is 1. The Morgan fingerprint density at radius 1 is 1.28 bits per heavy atom. The number of pyridine rings is 1. The number of halogens is 3. The molecule has 0 fully saturated rings. The van der Waals surface area contributed by atoms with Crippen LogP contribution in [0.5, 0.6) is 11.5 Å². The van der Waals surface area contributed by atoms with Crippen LogP contribution >= 0.6 is 11.6 Å². The largest absolute Gasteiger partial charge is 0.586 e. The quantitative estimate of drug-likeness (QED) is 0.410. The molecule has 0 bridgehead atoms. The van der Waals surface area contributed by atoms with Gasteiger partial charge < -0.3 is 14.8 Å². The molecule has 3 rings (SSSR count). The smallest absolute Gasteiger partial charge is 0.395 e. The monoisotopic (exact) mass is 419 g/mol. The number of hydrogen-bond acceptors (Lipinski definition) is 5. The normalized spacial score (nSPS) is 14.0. The van der Waals surface area contributed by atoms with E-state index in [0.717, 1.165) is 5.57 Å². The van der Waals surface area contributed by atoms with Crippen LogP contribution in [0.25, 0.3) is 11.1 Å². The van der Waals surface area contributed by atoms with Crippen molar-refractivity contribution in [1.82, 2.24) is 4.98 Å². The molecule has 6 nitrogen and oxygen atoms in total. The van der Waals surface area contributed by atoms with E-state index in [-0.39, 0.29) is 22.4 Å². The van der Waals surface area contributed by atoms with Crippen molar-refractivity contribution >= 4 is 30.0 Å². The highest BCUT2D eigenvalue weighted by Crippen LogP contribution is 2.45. The van der Waals surface area contributed by atoms with Crippen LogP contribution < -0.4 is 14.8 Å². The van der Waals surface area contributed by atoms with Crippen LogP contribution in [0.2, 0.25) is 5.02 Å². The van der Waals surface area contributed by atoms with Gasteiger partial charge in [0.25, 0.3) is 5.91 Å². The lowest BCUT2D eigenvalue weighted by molar-refractivity contribution is -0.286. The number of carbonyl (C=O) groups is 1. The standard InChI is InChI=1S/C20H16ClF2N3O3/c1-11(2)13(6-7-24-3)19(27)26-18-5-4-12(10-25-18)14-8-16-17(9-15(14)21)29-20(22,23)28-16/h4-10H,3H2,1-2H3,(H,25,26,27)/b7-6-. The molecule has 29 heavy (non-hydrogen) atoms. The molecular weight excluding hydrogens is 404 g/mol. The third kappa shape index (κ3) is 4.60. The molecule has 0 radical (unpaired) electrons. The van der Waals surface area contributed by atoms with Crippen LogP contribution in [0.4, 0.5) is 14.6 Å². The first kappa shape index (κ1) is 20.5. The summed E-state index contributed by atoms with van der Waals surface area (Å²) in [6.45, 7) is 6.93. The number of fused-ring (bicyclic) bond motifs is 1. The summed E-state index contributed by atoms with van der Waals surface area (Å²) < 4.78 is 35.3. The van der Waals surface area contributed by atoms with Gasteiger partial charge in [0, 0.05) is 35.2 Å². The number of rotatable bonds is 5. The number of aromatic nitrogens is 1. The SMILES string of the molecule is C=N/C=C\C(C(=O)Nc1ccc(-c2cc3c(cc2Cl)OC(F)(F)O3)cn1)=C(C)C. The number of anilines is 1. The number of carbonyl (C=O) groups excluding carboxylic acids is 1. The lowest BCUT2D eigenvalue weighted by Crippen LogP contribution is -2.25. The maximum atomic E-state index is 13.2. The summed E-state index contributed by atoms with van der Waals surface area (Å²) in [5, 5.41) is 2.87. The van der Waals surface area contributed by atoms with E-state index in [4.69, 9.17) is 11.6 Å². The van der Waals surface area contributed by atoms with E-state index in [2.05, 4.69) is 31.5 Å². The van der Waals surface area contributed by atoms with Crippen molar-refractivity contribution in [2.45, 2.75) is 20.1 Å². The Morgan fingerprint density at radius 2 is 1.97 bits per heavy atom. The minimum absolute atomic E-state index is 0.123. The minimum Gasteiger partial charge on any atom is -0.395 e. The third-order valence-electron chi connectivity index (χ3n) is 3.94. The van der Waals surface area contributed by atoms with Crippen LogP contribution in [0.1, 0.15) is 13.8 Å². The maximum absolute atomic E-state index is 13.2. The summed E-state index contributed by atoms with van der Waals surface area (Å²) in [5.74, 6) is -0.311. The molecule has 1 N–H and O–H groups in total. The van der Waals surface area contributed by atoms with Crippen LogP contribution in [0.15, 0.2) is 58.9 Å². The van der Waals surface area contributed by atoms with Gasteiger partial charge in [-0.1, -0.05) is 17.2 Å². The van der Waals surface area contributed by atoms with Crippen LogP contribution in [-0.2, 0) is 4.79 Å². The van der Waals surface area contributed by atoms with Gasteiger partial charge in [-0.25, -0.2) is 4.98 Å². The van der Waals surface area contributed by atoms with E-state index < -0.39 is 6.29 Å². The van der Waals surface area contributed by atoms with Gasteiger partial charge in [-0.15, -0.1) is 8.78 Å². The summed E-state index contributed by atoms with van der Waals surface area (Å²) >= 11 is 6.18. The number of benzene rings is 1. The molecule has 1 aromatic heterocycles. The van der Waals surface area contributed by atoms with Crippen molar-refractivity contribution in [1.29, 1.82) is 0 Å². The molecule has 0 aliphatic carbocycles. The van der Waals surface area contributed by atoms with E-state index >= 15 is 0 Å². The van der Waals surface area contributed by atoms with Gasteiger partial charge in [0.15, 0.2) is 11.5 Å². The topological polar surface area (TPSA) is 72.8 Å². The maximum Gasteiger partial charge on any atom is 0.586 e. The highest BCUT2D eigenvalue weighted by Gasteiger charge is 2.43. The molecule has 1 amide bonds. The molecule has 0 spiro atoms. The number of ether oxygens (including phenoxy) is 2. The number of amides is 1. The Hall–Kier alpha value is -3.26. The van der Waals surface area contributed by atoms with Crippen molar-refractivity contribution in [3.8, 4) is 22.6 Å². The molecule has 0 saturated carbocycles. The third-order valence-corrected chi connectivity index (χ3v) is 4.25. The lowest BCUT2D eigenvalue weighted by atomic mass is 10.1. The van der Waals surface area contributed by atoms with E-state index in [1.807, 2.05) is 0 Å². The first-order chi connectivity index (χ1) is 13.7. The highest BCUT2D eigenvalue weighted by atomic mass is 35.5. The average molecular weight is 420 g/mol.